The number of carboxylic acids is 1. The third-order valence-electron chi connectivity index (χ3n) is 3.78. The number of rotatable bonds is 9. The highest BCUT2D eigenvalue weighted by Gasteiger charge is 2.31. The van der Waals surface area contributed by atoms with Gasteiger partial charge in [0.25, 0.3) is 0 Å². The number of carboxylic acid groups (broad SMARTS) is 1. The lowest BCUT2D eigenvalue weighted by molar-refractivity contribution is -0.137. The van der Waals surface area contributed by atoms with Gasteiger partial charge in [-0.05, 0) is 18.8 Å². The van der Waals surface area contributed by atoms with E-state index in [-0.39, 0.29) is 24.3 Å². The van der Waals surface area contributed by atoms with Gasteiger partial charge in [-0.15, -0.1) is 0 Å². The topological polar surface area (TPSA) is 102 Å². The molecule has 0 aromatic heterocycles. The minimum atomic E-state index is -0.760. The normalized spacial score (nSPS) is 23.5. The van der Waals surface area contributed by atoms with Crippen LogP contribution < -0.4 is 11.1 Å². The highest BCUT2D eigenvalue weighted by molar-refractivity contribution is 5.79. The Morgan fingerprint density at radius 3 is 2.65 bits per heavy atom. The minimum Gasteiger partial charge on any atom is -0.481 e. The molecule has 1 heterocycles. The van der Waals surface area contributed by atoms with Crippen molar-refractivity contribution in [2.75, 3.05) is 19.8 Å². The quantitative estimate of drug-likeness (QED) is 0.580. The summed E-state index contributed by atoms with van der Waals surface area (Å²) in [5, 5.41) is 11.6. The highest BCUT2D eigenvalue weighted by atomic mass is 16.5. The van der Waals surface area contributed by atoms with Crippen molar-refractivity contribution in [3.05, 3.63) is 0 Å². The lowest BCUT2D eigenvalue weighted by atomic mass is 9.94. The second-order valence-corrected chi connectivity index (χ2v) is 5.47. The number of nitrogens with two attached hydrogens (primary N) is 1. The molecule has 1 rings (SSSR count). The molecule has 0 aromatic carbocycles. The number of carbonyl (C=O) groups is 2. The first-order valence-corrected chi connectivity index (χ1v) is 7.37. The molecule has 116 valence electrons. The van der Waals surface area contributed by atoms with Crippen LogP contribution in [0.2, 0.25) is 0 Å². The van der Waals surface area contributed by atoms with Gasteiger partial charge in [-0.25, -0.2) is 0 Å². The molecular formula is C14H26N2O4. The number of aliphatic carboxylic acids is 1. The van der Waals surface area contributed by atoms with Gasteiger partial charge in [-0.3, -0.25) is 9.59 Å². The number of hydrogen-bond donors (Lipinski definition) is 3. The average Bonchev–Trinajstić information content (AvgIpc) is 2.82. The van der Waals surface area contributed by atoms with Crippen LogP contribution in [0.3, 0.4) is 0 Å². The summed E-state index contributed by atoms with van der Waals surface area (Å²) in [5.74, 6) is -0.712. The van der Waals surface area contributed by atoms with Crippen LogP contribution in [0.15, 0.2) is 0 Å². The van der Waals surface area contributed by atoms with E-state index in [1.165, 1.54) is 0 Å². The Morgan fingerprint density at radius 2 is 2.10 bits per heavy atom. The maximum absolute atomic E-state index is 11.9. The van der Waals surface area contributed by atoms with E-state index in [9.17, 15) is 9.59 Å². The lowest BCUT2D eigenvalue weighted by Gasteiger charge is -2.17. The van der Waals surface area contributed by atoms with Gasteiger partial charge in [0.15, 0.2) is 0 Å². The van der Waals surface area contributed by atoms with E-state index in [1.807, 2.05) is 0 Å². The van der Waals surface area contributed by atoms with Crippen molar-refractivity contribution < 1.29 is 19.4 Å². The summed E-state index contributed by atoms with van der Waals surface area (Å²) in [6.45, 7) is 3.49. The van der Waals surface area contributed by atoms with Crippen LogP contribution >= 0.6 is 0 Å². The Labute approximate surface area is 120 Å². The van der Waals surface area contributed by atoms with Crippen molar-refractivity contribution in [3.8, 4) is 0 Å². The molecule has 1 amide bonds. The second kappa shape index (κ2) is 8.92. The van der Waals surface area contributed by atoms with Crippen LogP contribution in [0.1, 0.15) is 39.0 Å². The zero-order valence-corrected chi connectivity index (χ0v) is 12.1. The van der Waals surface area contributed by atoms with Gasteiger partial charge in [-0.1, -0.05) is 19.8 Å². The predicted molar refractivity (Wildman–Crippen MR) is 75.2 cm³/mol. The van der Waals surface area contributed by atoms with E-state index >= 15 is 0 Å². The standard InChI is InChI=1S/C14H26N2O4/c1-2-3-10(4-5-13(17)18)6-7-16-14(19)11-8-20-9-12(11)15/h10-12H,2-9,15H2,1H3,(H,16,19)(H,17,18). The van der Waals surface area contributed by atoms with Crippen molar-refractivity contribution in [2.45, 2.75) is 45.1 Å². The van der Waals surface area contributed by atoms with E-state index in [4.69, 9.17) is 15.6 Å². The molecule has 4 N–H and O–H groups in total. The first kappa shape index (κ1) is 16.9. The molecule has 1 aliphatic heterocycles. The monoisotopic (exact) mass is 286 g/mol. The molecule has 0 aliphatic carbocycles. The van der Waals surface area contributed by atoms with Crippen LogP contribution in [-0.2, 0) is 14.3 Å². The lowest BCUT2D eigenvalue weighted by Crippen LogP contribution is -2.41. The Morgan fingerprint density at radius 1 is 1.35 bits per heavy atom. The van der Waals surface area contributed by atoms with Gasteiger partial charge >= 0.3 is 5.97 Å². The summed E-state index contributed by atoms with van der Waals surface area (Å²) >= 11 is 0. The zero-order chi connectivity index (χ0) is 15.0. The summed E-state index contributed by atoms with van der Waals surface area (Å²) in [4.78, 5) is 22.5. The van der Waals surface area contributed by atoms with Crippen LogP contribution in [0.25, 0.3) is 0 Å². The van der Waals surface area contributed by atoms with Gasteiger partial charge in [-0.2, -0.15) is 0 Å². The van der Waals surface area contributed by atoms with Crippen molar-refractivity contribution in [1.82, 2.24) is 5.32 Å². The fraction of sp³-hybridized carbons (Fsp3) is 0.857. The Bertz CT molecular complexity index is 322. The summed E-state index contributed by atoms with van der Waals surface area (Å²) in [6.07, 6.45) is 3.70. The average molecular weight is 286 g/mol. The van der Waals surface area contributed by atoms with Gasteiger partial charge < -0.3 is 20.9 Å². The molecule has 3 unspecified atom stereocenters. The van der Waals surface area contributed by atoms with Crippen LogP contribution in [0, 0.1) is 11.8 Å². The molecule has 3 atom stereocenters. The fourth-order valence-corrected chi connectivity index (χ4v) is 2.54. The first-order chi connectivity index (χ1) is 9.54. The molecular weight excluding hydrogens is 260 g/mol. The van der Waals surface area contributed by atoms with Crippen molar-refractivity contribution >= 4 is 11.9 Å². The Balaban J connectivity index is 2.25. The third kappa shape index (κ3) is 5.88. The number of nitrogens with one attached hydrogen (secondary N) is 1. The van der Waals surface area contributed by atoms with E-state index < -0.39 is 5.97 Å². The van der Waals surface area contributed by atoms with E-state index in [2.05, 4.69) is 12.2 Å². The molecule has 0 bridgehead atoms. The Hall–Kier alpha value is -1.14. The molecule has 20 heavy (non-hydrogen) atoms. The van der Waals surface area contributed by atoms with Crippen LogP contribution in [-0.4, -0.2) is 42.8 Å². The summed E-state index contributed by atoms with van der Waals surface area (Å²) < 4.78 is 5.17. The largest absolute Gasteiger partial charge is 0.481 e. The fourth-order valence-electron chi connectivity index (χ4n) is 2.54. The first-order valence-electron chi connectivity index (χ1n) is 7.37. The third-order valence-corrected chi connectivity index (χ3v) is 3.78. The molecule has 6 nitrogen and oxygen atoms in total. The summed E-state index contributed by atoms with van der Waals surface area (Å²) in [6, 6.07) is -0.214. The molecule has 0 spiro atoms. The summed E-state index contributed by atoms with van der Waals surface area (Å²) in [5.41, 5.74) is 5.79. The second-order valence-electron chi connectivity index (χ2n) is 5.47. The van der Waals surface area contributed by atoms with Crippen molar-refractivity contribution in [2.24, 2.45) is 17.6 Å². The van der Waals surface area contributed by atoms with E-state index in [0.717, 1.165) is 19.3 Å². The van der Waals surface area contributed by atoms with Crippen molar-refractivity contribution in [3.63, 3.8) is 0 Å². The smallest absolute Gasteiger partial charge is 0.303 e. The molecule has 1 aliphatic rings. The van der Waals surface area contributed by atoms with E-state index in [1.54, 1.807) is 0 Å². The number of amides is 1. The molecule has 1 saturated heterocycles. The SMILES string of the molecule is CCCC(CCNC(=O)C1COCC1N)CCC(=O)O. The summed E-state index contributed by atoms with van der Waals surface area (Å²) in [7, 11) is 0. The zero-order valence-electron chi connectivity index (χ0n) is 12.1. The van der Waals surface area contributed by atoms with Crippen LogP contribution in [0.5, 0.6) is 0 Å². The van der Waals surface area contributed by atoms with Gasteiger partial charge in [0.1, 0.15) is 0 Å². The van der Waals surface area contributed by atoms with Gasteiger partial charge in [0.2, 0.25) is 5.91 Å². The maximum atomic E-state index is 11.9. The van der Waals surface area contributed by atoms with Gasteiger partial charge in [0.05, 0.1) is 19.1 Å². The highest BCUT2D eigenvalue weighted by Crippen LogP contribution is 2.17. The van der Waals surface area contributed by atoms with E-state index in [0.29, 0.717) is 32.1 Å². The number of carbonyl (C=O) groups excluding carboxylic acids is 1. The van der Waals surface area contributed by atoms with Crippen LogP contribution in [0.4, 0.5) is 0 Å². The molecule has 0 saturated carbocycles. The molecule has 6 heteroatoms. The van der Waals surface area contributed by atoms with Crippen molar-refractivity contribution in [1.29, 1.82) is 0 Å². The number of ether oxygens (including phenoxy) is 1. The maximum Gasteiger partial charge on any atom is 0.303 e. The molecule has 0 radical (unpaired) electrons. The van der Waals surface area contributed by atoms with Gasteiger partial charge in [0, 0.05) is 19.0 Å². The molecule has 1 fully saturated rings. The minimum absolute atomic E-state index is 0.0523. The predicted octanol–water partition coefficient (Wildman–Crippen LogP) is 0.748. The number of hydrogen-bond acceptors (Lipinski definition) is 4. The molecule has 0 aromatic rings. The Kier molecular flexibility index (Phi) is 7.54.